The highest BCUT2D eigenvalue weighted by Crippen LogP contribution is 2.26. The van der Waals surface area contributed by atoms with Gasteiger partial charge < -0.3 is 5.11 Å². The Morgan fingerprint density at radius 1 is 1.46 bits per heavy atom. The maximum Gasteiger partial charge on any atom is 0.142 e. The minimum Gasteiger partial charge on any atom is -0.393 e. The molecule has 0 bridgehead atoms. The molecule has 0 saturated heterocycles. The van der Waals surface area contributed by atoms with Crippen molar-refractivity contribution >= 4 is 6.29 Å². The van der Waals surface area contributed by atoms with Crippen LogP contribution in [0, 0.1) is 5.41 Å². The number of carbonyl (C=O) groups is 1. The zero-order valence-corrected chi connectivity index (χ0v) is 8.79. The van der Waals surface area contributed by atoms with Gasteiger partial charge in [0.1, 0.15) is 6.29 Å². The number of aliphatic hydroxyl groups excluding tert-OH is 1. The summed E-state index contributed by atoms with van der Waals surface area (Å²) in [7, 11) is 0. The van der Waals surface area contributed by atoms with Crippen molar-refractivity contribution in [3.63, 3.8) is 0 Å². The molecule has 1 N–H and O–H groups in total. The Hall–Kier alpha value is -0.630. The molecule has 0 aliphatic carbocycles. The van der Waals surface area contributed by atoms with Crippen LogP contribution in [0.5, 0.6) is 0 Å². The first-order chi connectivity index (χ1) is 6.02. The van der Waals surface area contributed by atoms with Crippen molar-refractivity contribution < 1.29 is 9.90 Å². The summed E-state index contributed by atoms with van der Waals surface area (Å²) in [5, 5.41) is 9.58. The Balaban J connectivity index is 3.79. The summed E-state index contributed by atoms with van der Waals surface area (Å²) < 4.78 is 0. The van der Waals surface area contributed by atoms with Gasteiger partial charge in [-0.2, -0.15) is 0 Å². The summed E-state index contributed by atoms with van der Waals surface area (Å²) in [4.78, 5) is 9.96. The maximum atomic E-state index is 9.96. The molecular weight excluding hydrogens is 164 g/mol. The number of aliphatic hydroxyl groups is 1. The summed E-state index contributed by atoms with van der Waals surface area (Å²) >= 11 is 0. The van der Waals surface area contributed by atoms with E-state index in [1.54, 1.807) is 6.08 Å². The molecule has 1 atom stereocenters. The smallest absolute Gasteiger partial charge is 0.142 e. The van der Waals surface area contributed by atoms with Crippen LogP contribution < -0.4 is 0 Å². The first-order valence-electron chi connectivity index (χ1n) is 4.80. The minimum absolute atomic E-state index is 0.189. The molecule has 2 nitrogen and oxygen atoms in total. The molecule has 0 aromatic carbocycles. The molecule has 0 aliphatic heterocycles. The lowest BCUT2D eigenvalue weighted by Crippen LogP contribution is -2.19. The van der Waals surface area contributed by atoms with Crippen molar-refractivity contribution in [2.24, 2.45) is 5.41 Å². The van der Waals surface area contributed by atoms with Gasteiger partial charge in [-0.3, -0.25) is 4.79 Å². The molecule has 0 heterocycles. The average molecular weight is 184 g/mol. The van der Waals surface area contributed by atoms with Gasteiger partial charge in [0, 0.05) is 0 Å². The highest BCUT2D eigenvalue weighted by molar-refractivity contribution is 5.64. The van der Waals surface area contributed by atoms with Crippen LogP contribution in [0.2, 0.25) is 0 Å². The SMILES string of the molecule is CCC(C)(C)CC(O)C/C=C/C=O. The predicted octanol–water partition coefficient (Wildman–Crippen LogP) is 2.32. The number of aldehydes is 1. The van der Waals surface area contributed by atoms with Gasteiger partial charge in [-0.15, -0.1) is 0 Å². The third-order valence-corrected chi connectivity index (χ3v) is 2.37. The minimum atomic E-state index is -0.328. The maximum absolute atomic E-state index is 9.96. The van der Waals surface area contributed by atoms with Crippen LogP contribution in [0.1, 0.15) is 40.0 Å². The van der Waals surface area contributed by atoms with Gasteiger partial charge in [-0.25, -0.2) is 0 Å². The van der Waals surface area contributed by atoms with Crippen LogP contribution in [-0.2, 0) is 4.79 Å². The molecule has 0 amide bonds. The normalized spacial score (nSPS) is 14.8. The Bertz CT molecular complexity index is 171. The average Bonchev–Trinajstić information content (AvgIpc) is 2.04. The summed E-state index contributed by atoms with van der Waals surface area (Å²) in [6.07, 6.45) is 5.96. The van der Waals surface area contributed by atoms with E-state index in [1.807, 2.05) is 0 Å². The molecule has 0 fully saturated rings. The zero-order valence-electron chi connectivity index (χ0n) is 8.79. The van der Waals surface area contributed by atoms with Crippen molar-refractivity contribution in [2.45, 2.75) is 46.1 Å². The highest BCUT2D eigenvalue weighted by Gasteiger charge is 2.18. The predicted molar refractivity (Wildman–Crippen MR) is 54.5 cm³/mol. The fourth-order valence-corrected chi connectivity index (χ4v) is 1.16. The number of hydrogen-bond acceptors (Lipinski definition) is 2. The largest absolute Gasteiger partial charge is 0.393 e. The van der Waals surface area contributed by atoms with Gasteiger partial charge in [0.05, 0.1) is 6.10 Å². The van der Waals surface area contributed by atoms with E-state index in [-0.39, 0.29) is 11.5 Å². The Labute approximate surface area is 80.7 Å². The van der Waals surface area contributed by atoms with Gasteiger partial charge >= 0.3 is 0 Å². The molecule has 0 aromatic heterocycles. The quantitative estimate of drug-likeness (QED) is 0.508. The topological polar surface area (TPSA) is 37.3 Å². The summed E-state index contributed by atoms with van der Waals surface area (Å²) in [5.41, 5.74) is 0.189. The lowest BCUT2D eigenvalue weighted by molar-refractivity contribution is -0.104. The lowest BCUT2D eigenvalue weighted by atomic mass is 9.83. The van der Waals surface area contributed by atoms with E-state index >= 15 is 0 Å². The molecule has 1 unspecified atom stereocenters. The van der Waals surface area contributed by atoms with E-state index in [2.05, 4.69) is 20.8 Å². The number of carbonyl (C=O) groups excluding carboxylic acids is 1. The Kier molecular flexibility index (Phi) is 5.63. The second kappa shape index (κ2) is 5.92. The van der Waals surface area contributed by atoms with Crippen LogP contribution in [0.4, 0.5) is 0 Å². The standard InChI is InChI=1S/C11H20O2/c1-4-11(2,3)9-10(13)7-5-6-8-12/h5-6,8,10,13H,4,7,9H2,1-3H3/b6-5+. The molecule has 76 valence electrons. The number of allylic oxidation sites excluding steroid dienone is 1. The molecular formula is C11H20O2. The molecule has 0 radical (unpaired) electrons. The van der Waals surface area contributed by atoms with Crippen LogP contribution in [0.15, 0.2) is 12.2 Å². The van der Waals surface area contributed by atoms with E-state index in [0.29, 0.717) is 6.42 Å². The summed E-state index contributed by atoms with van der Waals surface area (Å²) in [6, 6.07) is 0. The van der Waals surface area contributed by atoms with E-state index in [1.165, 1.54) is 6.08 Å². The molecule has 0 saturated carbocycles. The van der Waals surface area contributed by atoms with Gasteiger partial charge in [-0.05, 0) is 24.3 Å². The third-order valence-electron chi connectivity index (χ3n) is 2.37. The van der Waals surface area contributed by atoms with Crippen LogP contribution in [0.3, 0.4) is 0 Å². The Morgan fingerprint density at radius 3 is 2.54 bits per heavy atom. The van der Waals surface area contributed by atoms with Crippen molar-refractivity contribution in [1.82, 2.24) is 0 Å². The van der Waals surface area contributed by atoms with E-state index in [4.69, 9.17) is 0 Å². The number of hydrogen-bond donors (Lipinski definition) is 1. The first-order valence-corrected chi connectivity index (χ1v) is 4.80. The molecule has 0 spiro atoms. The van der Waals surface area contributed by atoms with Gasteiger partial charge in [0.2, 0.25) is 0 Å². The van der Waals surface area contributed by atoms with Gasteiger partial charge in [0.15, 0.2) is 0 Å². The van der Waals surface area contributed by atoms with E-state index in [9.17, 15) is 9.90 Å². The highest BCUT2D eigenvalue weighted by atomic mass is 16.3. The molecule has 2 heteroatoms. The third kappa shape index (κ3) is 6.52. The molecule has 13 heavy (non-hydrogen) atoms. The Morgan fingerprint density at radius 2 is 2.08 bits per heavy atom. The fourth-order valence-electron chi connectivity index (χ4n) is 1.16. The van der Waals surface area contributed by atoms with Crippen LogP contribution >= 0.6 is 0 Å². The van der Waals surface area contributed by atoms with E-state index in [0.717, 1.165) is 19.1 Å². The van der Waals surface area contributed by atoms with Crippen molar-refractivity contribution in [3.05, 3.63) is 12.2 Å². The second-order valence-electron chi connectivity index (χ2n) is 4.18. The first kappa shape index (κ1) is 12.4. The lowest BCUT2D eigenvalue weighted by Gasteiger charge is -2.25. The van der Waals surface area contributed by atoms with Crippen molar-refractivity contribution in [3.8, 4) is 0 Å². The second-order valence-corrected chi connectivity index (χ2v) is 4.18. The molecule has 0 aromatic rings. The number of rotatable bonds is 6. The monoisotopic (exact) mass is 184 g/mol. The van der Waals surface area contributed by atoms with E-state index < -0.39 is 0 Å². The fraction of sp³-hybridized carbons (Fsp3) is 0.727. The van der Waals surface area contributed by atoms with Gasteiger partial charge in [0.25, 0.3) is 0 Å². The van der Waals surface area contributed by atoms with Crippen LogP contribution in [0.25, 0.3) is 0 Å². The van der Waals surface area contributed by atoms with Crippen LogP contribution in [-0.4, -0.2) is 17.5 Å². The molecule has 0 aliphatic rings. The van der Waals surface area contributed by atoms with Crippen molar-refractivity contribution in [2.75, 3.05) is 0 Å². The van der Waals surface area contributed by atoms with Crippen molar-refractivity contribution in [1.29, 1.82) is 0 Å². The van der Waals surface area contributed by atoms with Gasteiger partial charge in [-0.1, -0.05) is 33.3 Å². The molecule has 0 rings (SSSR count). The summed E-state index contributed by atoms with van der Waals surface area (Å²) in [6.45, 7) is 6.40. The zero-order chi connectivity index (χ0) is 10.3. The summed E-state index contributed by atoms with van der Waals surface area (Å²) in [5.74, 6) is 0.